The molecule has 7 heavy (non-hydrogen) atoms. The molecule has 0 aromatic heterocycles. The Morgan fingerprint density at radius 2 is 1.57 bits per heavy atom. The minimum absolute atomic E-state index is 0. The van der Waals surface area contributed by atoms with E-state index in [9.17, 15) is 4.79 Å². The topological polar surface area (TPSA) is 35.5 Å². The predicted octanol–water partition coefficient (Wildman–Crippen LogP) is -0.785. The highest BCUT2D eigenvalue weighted by Crippen LogP contribution is 1.72. The number of methoxy groups -OCH3 is 2. The first-order chi connectivity index (χ1) is 2.81. The SMILES string of the molecule is B.COC(=O)OC. The summed E-state index contributed by atoms with van der Waals surface area (Å²) in [5.74, 6) is 0. The molecule has 0 amide bonds. The first-order valence-electron chi connectivity index (χ1n) is 1.43. The summed E-state index contributed by atoms with van der Waals surface area (Å²) in [4.78, 5) is 9.74. The highest BCUT2D eigenvalue weighted by Gasteiger charge is 1.88. The van der Waals surface area contributed by atoms with Gasteiger partial charge in [-0.25, -0.2) is 4.79 Å². The molecule has 0 spiro atoms. The fraction of sp³-hybridized carbons (Fsp3) is 0.667. The van der Waals surface area contributed by atoms with Crippen LogP contribution in [0, 0.1) is 0 Å². The summed E-state index contributed by atoms with van der Waals surface area (Å²) in [5, 5.41) is 0. The number of ether oxygens (including phenoxy) is 2. The van der Waals surface area contributed by atoms with E-state index in [-0.39, 0.29) is 8.41 Å². The molecule has 0 unspecified atom stereocenters. The van der Waals surface area contributed by atoms with Crippen LogP contribution in [-0.4, -0.2) is 28.8 Å². The lowest BCUT2D eigenvalue weighted by Gasteiger charge is -1.89. The van der Waals surface area contributed by atoms with Crippen molar-refractivity contribution in [2.45, 2.75) is 0 Å². The van der Waals surface area contributed by atoms with Crippen LogP contribution in [0.5, 0.6) is 0 Å². The average Bonchev–Trinajstić information content (AvgIpc) is 1.65. The molecule has 42 valence electrons. The summed E-state index contributed by atoms with van der Waals surface area (Å²) in [6.45, 7) is 0. The van der Waals surface area contributed by atoms with Crippen LogP contribution in [0.4, 0.5) is 4.79 Å². The van der Waals surface area contributed by atoms with Crippen LogP contribution in [0.2, 0.25) is 0 Å². The molecule has 0 aromatic carbocycles. The third kappa shape index (κ3) is 5.33. The first kappa shape index (κ1) is 9.59. The Morgan fingerprint density at radius 1 is 1.29 bits per heavy atom. The Hall–Kier alpha value is -0.665. The zero-order valence-electron chi connectivity index (χ0n) is 3.72. The van der Waals surface area contributed by atoms with Crippen molar-refractivity contribution in [2.24, 2.45) is 0 Å². The molecule has 0 aliphatic carbocycles. The summed E-state index contributed by atoms with van der Waals surface area (Å²) in [6, 6.07) is 0. The standard InChI is InChI=1S/C3H6O3.BH3/c1-5-3(4)6-2;/h1-2H3;1H3. The van der Waals surface area contributed by atoms with Gasteiger partial charge in [-0.1, -0.05) is 0 Å². The molecule has 0 rings (SSSR count). The largest absolute Gasteiger partial charge is 0.507 e. The molecule has 0 atom stereocenters. The van der Waals surface area contributed by atoms with E-state index in [1.807, 2.05) is 0 Å². The minimum atomic E-state index is -0.657. The van der Waals surface area contributed by atoms with Gasteiger partial charge in [-0.05, 0) is 0 Å². The third-order valence-electron chi connectivity index (χ3n) is 0.333. The van der Waals surface area contributed by atoms with Crippen molar-refractivity contribution < 1.29 is 14.3 Å². The second-order valence-electron chi connectivity index (χ2n) is 0.658. The van der Waals surface area contributed by atoms with Crippen LogP contribution < -0.4 is 0 Å². The molecule has 0 N–H and O–H groups in total. The fourth-order valence-corrected chi connectivity index (χ4v) is 0.0833. The number of carbonyl (C=O) groups excluding carboxylic acids is 1. The molecule has 0 bridgehead atoms. The van der Waals surface area contributed by atoms with Gasteiger partial charge < -0.3 is 9.47 Å². The molecule has 0 fully saturated rings. The monoisotopic (exact) mass is 104 g/mol. The summed E-state index contributed by atoms with van der Waals surface area (Å²) in [5.41, 5.74) is 0. The highest BCUT2D eigenvalue weighted by atomic mass is 16.7. The highest BCUT2D eigenvalue weighted by molar-refractivity contribution is 5.75. The van der Waals surface area contributed by atoms with Crippen LogP contribution in [-0.2, 0) is 9.47 Å². The zero-order valence-corrected chi connectivity index (χ0v) is 3.72. The molecule has 0 aromatic rings. The number of rotatable bonds is 0. The number of carbonyl (C=O) groups is 1. The molecule has 0 saturated carbocycles. The molecule has 3 nitrogen and oxygen atoms in total. The molecule has 0 heterocycles. The van der Waals surface area contributed by atoms with Gasteiger partial charge in [-0.15, -0.1) is 0 Å². The Kier molecular flexibility index (Phi) is 7.31. The lowest BCUT2D eigenvalue weighted by molar-refractivity contribution is 0.0924. The quantitative estimate of drug-likeness (QED) is 0.298. The normalized spacial score (nSPS) is 6.00. The maximum Gasteiger partial charge on any atom is 0.507 e. The Balaban J connectivity index is 0. The summed E-state index contributed by atoms with van der Waals surface area (Å²) in [6.07, 6.45) is -0.657. The van der Waals surface area contributed by atoms with Crippen molar-refractivity contribution in [3.05, 3.63) is 0 Å². The van der Waals surface area contributed by atoms with Gasteiger partial charge in [0.25, 0.3) is 0 Å². The zero-order chi connectivity index (χ0) is 4.99. The summed E-state index contributed by atoms with van der Waals surface area (Å²) < 4.78 is 8.08. The number of hydrogen-bond acceptors (Lipinski definition) is 3. The maximum atomic E-state index is 9.74. The van der Waals surface area contributed by atoms with E-state index in [0.29, 0.717) is 0 Å². The first-order valence-corrected chi connectivity index (χ1v) is 1.43. The molecular weight excluding hydrogens is 94.8 g/mol. The van der Waals surface area contributed by atoms with Crippen molar-refractivity contribution in [1.82, 2.24) is 0 Å². The Labute approximate surface area is 44.2 Å². The minimum Gasteiger partial charge on any atom is -0.438 e. The van der Waals surface area contributed by atoms with E-state index >= 15 is 0 Å². The van der Waals surface area contributed by atoms with Gasteiger partial charge in [-0.2, -0.15) is 0 Å². The van der Waals surface area contributed by atoms with E-state index in [4.69, 9.17) is 0 Å². The van der Waals surface area contributed by atoms with Gasteiger partial charge in [0, 0.05) is 0 Å². The Morgan fingerprint density at radius 3 is 1.57 bits per heavy atom. The van der Waals surface area contributed by atoms with E-state index in [0.717, 1.165) is 0 Å². The summed E-state index contributed by atoms with van der Waals surface area (Å²) >= 11 is 0. The molecule has 0 saturated heterocycles. The van der Waals surface area contributed by atoms with Crippen LogP contribution in [0.1, 0.15) is 0 Å². The smallest absolute Gasteiger partial charge is 0.438 e. The van der Waals surface area contributed by atoms with Gasteiger partial charge in [-0.3, -0.25) is 0 Å². The lowest BCUT2D eigenvalue weighted by atomic mass is 10.8. The lowest BCUT2D eigenvalue weighted by Crippen LogP contribution is -1.97. The second-order valence-corrected chi connectivity index (χ2v) is 0.658. The van der Waals surface area contributed by atoms with Crippen LogP contribution in [0.15, 0.2) is 0 Å². The summed E-state index contributed by atoms with van der Waals surface area (Å²) in [7, 11) is 2.51. The van der Waals surface area contributed by atoms with Gasteiger partial charge in [0.05, 0.1) is 22.6 Å². The van der Waals surface area contributed by atoms with Gasteiger partial charge in [0.2, 0.25) is 0 Å². The van der Waals surface area contributed by atoms with Crippen LogP contribution in [0.25, 0.3) is 0 Å². The van der Waals surface area contributed by atoms with Crippen molar-refractivity contribution in [1.29, 1.82) is 0 Å². The third-order valence-corrected chi connectivity index (χ3v) is 0.333. The van der Waals surface area contributed by atoms with Gasteiger partial charge >= 0.3 is 6.16 Å². The van der Waals surface area contributed by atoms with Gasteiger partial charge in [0.1, 0.15) is 0 Å². The molecule has 4 heteroatoms. The maximum absolute atomic E-state index is 9.74. The molecule has 0 aliphatic heterocycles. The van der Waals surface area contributed by atoms with Crippen molar-refractivity contribution in [3.8, 4) is 0 Å². The Bertz CT molecular complexity index is 48.1. The molecular formula is C3H9BO3. The molecule has 0 radical (unpaired) electrons. The van der Waals surface area contributed by atoms with E-state index in [1.165, 1.54) is 14.2 Å². The molecule has 0 aliphatic rings. The number of hydrogen-bond donors (Lipinski definition) is 0. The van der Waals surface area contributed by atoms with Crippen molar-refractivity contribution >= 4 is 14.6 Å². The van der Waals surface area contributed by atoms with Crippen molar-refractivity contribution in [2.75, 3.05) is 14.2 Å². The van der Waals surface area contributed by atoms with Crippen LogP contribution >= 0.6 is 0 Å². The fourth-order valence-electron chi connectivity index (χ4n) is 0.0833. The van der Waals surface area contributed by atoms with E-state index in [2.05, 4.69) is 9.47 Å². The van der Waals surface area contributed by atoms with E-state index < -0.39 is 6.16 Å². The second kappa shape index (κ2) is 5.33. The van der Waals surface area contributed by atoms with Crippen LogP contribution in [0.3, 0.4) is 0 Å². The van der Waals surface area contributed by atoms with E-state index in [1.54, 1.807) is 0 Å². The van der Waals surface area contributed by atoms with Gasteiger partial charge in [0.15, 0.2) is 0 Å². The average molecular weight is 104 g/mol. The predicted molar refractivity (Wildman–Crippen MR) is 29.4 cm³/mol. The van der Waals surface area contributed by atoms with Crippen molar-refractivity contribution in [3.63, 3.8) is 0 Å².